The average Bonchev–Trinajstić information content (AvgIpc) is 3.28. The highest BCUT2D eigenvalue weighted by Gasteiger charge is 2.20. The molecule has 130 valence electrons. The van der Waals surface area contributed by atoms with Gasteiger partial charge < -0.3 is 9.14 Å². The van der Waals surface area contributed by atoms with Crippen LogP contribution in [0.4, 0.5) is 4.39 Å². The second-order valence-corrected chi connectivity index (χ2v) is 5.61. The summed E-state index contributed by atoms with van der Waals surface area (Å²) in [6.07, 6.45) is 6.88. The quantitative estimate of drug-likeness (QED) is 0.529. The number of esters is 1. The minimum atomic E-state index is -0.487. The lowest BCUT2D eigenvalue weighted by Gasteiger charge is -2.12. The van der Waals surface area contributed by atoms with Gasteiger partial charge in [0.05, 0.1) is 12.8 Å². The maximum atomic E-state index is 13.3. The number of nitrogens with zero attached hydrogens (tertiary/aromatic N) is 4. The van der Waals surface area contributed by atoms with Gasteiger partial charge in [-0.25, -0.2) is 19.2 Å². The number of halogens is 1. The van der Waals surface area contributed by atoms with Crippen molar-refractivity contribution >= 4 is 11.6 Å². The molecule has 0 N–H and O–H groups in total. The predicted molar refractivity (Wildman–Crippen MR) is 93.7 cm³/mol. The number of aromatic nitrogens is 4. The Morgan fingerprint density at radius 2 is 1.96 bits per heavy atom. The second kappa shape index (κ2) is 6.44. The second-order valence-electron chi connectivity index (χ2n) is 5.61. The van der Waals surface area contributed by atoms with E-state index in [-0.39, 0.29) is 18.1 Å². The van der Waals surface area contributed by atoms with Gasteiger partial charge in [-0.1, -0.05) is 0 Å². The molecule has 0 aliphatic carbocycles. The minimum absolute atomic E-state index is 0.254. The van der Waals surface area contributed by atoms with Gasteiger partial charge >= 0.3 is 5.97 Å². The zero-order valence-electron chi connectivity index (χ0n) is 14.0. The average molecular weight is 350 g/mol. The van der Waals surface area contributed by atoms with E-state index in [9.17, 15) is 9.18 Å². The SMILES string of the molecule is CCOC(=O)c1cnc(-c2ccc3nccn3c2)n1-c1ccc(F)cc1. The molecule has 0 unspecified atom stereocenters. The van der Waals surface area contributed by atoms with Crippen LogP contribution in [0.3, 0.4) is 0 Å². The van der Waals surface area contributed by atoms with E-state index in [0.717, 1.165) is 11.2 Å². The zero-order valence-corrected chi connectivity index (χ0v) is 14.0. The molecular formula is C19H15FN4O2. The lowest BCUT2D eigenvalue weighted by atomic mass is 10.2. The molecule has 0 spiro atoms. The fraction of sp³-hybridized carbons (Fsp3) is 0.105. The van der Waals surface area contributed by atoms with E-state index >= 15 is 0 Å². The van der Waals surface area contributed by atoms with Gasteiger partial charge in [0.15, 0.2) is 5.69 Å². The molecule has 0 aliphatic heterocycles. The Morgan fingerprint density at radius 1 is 1.15 bits per heavy atom. The lowest BCUT2D eigenvalue weighted by molar-refractivity contribution is 0.0517. The highest BCUT2D eigenvalue weighted by molar-refractivity contribution is 5.89. The molecular weight excluding hydrogens is 335 g/mol. The van der Waals surface area contributed by atoms with Gasteiger partial charge in [-0.3, -0.25) is 4.57 Å². The van der Waals surface area contributed by atoms with Crippen molar-refractivity contribution in [2.45, 2.75) is 6.92 Å². The van der Waals surface area contributed by atoms with E-state index in [0.29, 0.717) is 11.5 Å². The van der Waals surface area contributed by atoms with E-state index in [4.69, 9.17) is 4.74 Å². The van der Waals surface area contributed by atoms with Crippen molar-refractivity contribution in [2.24, 2.45) is 0 Å². The third-order valence-corrected chi connectivity index (χ3v) is 3.98. The summed E-state index contributed by atoms with van der Waals surface area (Å²) in [5.74, 6) is -0.289. The number of rotatable bonds is 4. The molecule has 6 nitrogen and oxygen atoms in total. The molecule has 0 atom stereocenters. The Bertz CT molecular complexity index is 1080. The Hall–Kier alpha value is -3.48. The fourth-order valence-corrected chi connectivity index (χ4v) is 2.81. The fourth-order valence-electron chi connectivity index (χ4n) is 2.81. The van der Waals surface area contributed by atoms with Gasteiger partial charge in [0.2, 0.25) is 0 Å². The number of benzene rings is 1. The number of pyridine rings is 1. The molecule has 0 radical (unpaired) electrons. The largest absolute Gasteiger partial charge is 0.461 e. The van der Waals surface area contributed by atoms with Gasteiger partial charge in [-0.2, -0.15) is 0 Å². The summed E-state index contributed by atoms with van der Waals surface area (Å²) in [6, 6.07) is 9.61. The molecule has 4 aromatic rings. The van der Waals surface area contributed by atoms with Gasteiger partial charge in [0.1, 0.15) is 17.3 Å². The first-order chi connectivity index (χ1) is 12.7. The maximum Gasteiger partial charge on any atom is 0.356 e. The van der Waals surface area contributed by atoms with Gasteiger partial charge in [0, 0.05) is 29.8 Å². The molecule has 7 heteroatoms. The standard InChI is InChI=1S/C19H15FN4O2/c1-2-26-19(25)16-11-22-18(24(16)15-6-4-14(20)5-7-15)13-3-8-17-21-9-10-23(17)12-13/h3-12H,2H2,1H3. The summed E-state index contributed by atoms with van der Waals surface area (Å²) < 4.78 is 22.0. The number of hydrogen-bond acceptors (Lipinski definition) is 4. The monoisotopic (exact) mass is 350 g/mol. The Balaban J connectivity index is 1.91. The number of carbonyl (C=O) groups is 1. The zero-order chi connectivity index (χ0) is 18.1. The van der Waals surface area contributed by atoms with Crippen LogP contribution in [0.1, 0.15) is 17.4 Å². The van der Waals surface area contributed by atoms with Crippen LogP contribution in [0.25, 0.3) is 22.7 Å². The topological polar surface area (TPSA) is 61.4 Å². The molecule has 3 aromatic heterocycles. The van der Waals surface area contributed by atoms with Crippen molar-refractivity contribution in [3.05, 3.63) is 72.7 Å². The van der Waals surface area contributed by atoms with Crippen LogP contribution in [0.5, 0.6) is 0 Å². The number of carbonyl (C=O) groups excluding carboxylic acids is 1. The molecule has 0 saturated heterocycles. The van der Waals surface area contributed by atoms with E-state index in [1.165, 1.54) is 18.3 Å². The normalized spacial score (nSPS) is 11.0. The third kappa shape index (κ3) is 2.73. The summed E-state index contributed by atoms with van der Waals surface area (Å²) >= 11 is 0. The number of ether oxygens (including phenoxy) is 1. The van der Waals surface area contributed by atoms with Gasteiger partial charge in [-0.05, 0) is 43.3 Å². The first-order valence-electron chi connectivity index (χ1n) is 8.11. The van der Waals surface area contributed by atoms with E-state index < -0.39 is 5.97 Å². The summed E-state index contributed by atoms with van der Waals surface area (Å²) in [4.78, 5) is 21.0. The number of hydrogen-bond donors (Lipinski definition) is 0. The minimum Gasteiger partial charge on any atom is -0.461 e. The molecule has 26 heavy (non-hydrogen) atoms. The van der Waals surface area contributed by atoms with Crippen LogP contribution in [0.2, 0.25) is 0 Å². The van der Waals surface area contributed by atoms with Crippen molar-refractivity contribution in [1.82, 2.24) is 18.9 Å². The Kier molecular flexibility index (Phi) is 3.96. The van der Waals surface area contributed by atoms with E-state index in [2.05, 4.69) is 9.97 Å². The molecule has 3 heterocycles. The van der Waals surface area contributed by atoms with Crippen molar-refractivity contribution in [3.8, 4) is 17.1 Å². The van der Waals surface area contributed by atoms with Crippen LogP contribution in [-0.2, 0) is 4.74 Å². The summed E-state index contributed by atoms with van der Waals surface area (Å²) in [6.45, 7) is 1.99. The maximum absolute atomic E-state index is 13.3. The molecule has 0 bridgehead atoms. The summed E-state index contributed by atoms with van der Waals surface area (Å²) in [7, 11) is 0. The van der Waals surface area contributed by atoms with E-state index in [1.54, 1.807) is 29.8 Å². The van der Waals surface area contributed by atoms with Crippen molar-refractivity contribution in [1.29, 1.82) is 0 Å². The first-order valence-corrected chi connectivity index (χ1v) is 8.11. The Labute approximate surface area is 148 Å². The van der Waals surface area contributed by atoms with Crippen LogP contribution in [-0.4, -0.2) is 31.5 Å². The molecule has 0 aliphatic rings. The van der Waals surface area contributed by atoms with Gasteiger partial charge in [-0.15, -0.1) is 0 Å². The predicted octanol–water partition coefficient (Wildman–Crippen LogP) is 3.50. The summed E-state index contributed by atoms with van der Waals surface area (Å²) in [5, 5.41) is 0. The van der Waals surface area contributed by atoms with Crippen LogP contribution < -0.4 is 0 Å². The smallest absolute Gasteiger partial charge is 0.356 e. The van der Waals surface area contributed by atoms with E-state index in [1.807, 2.05) is 28.9 Å². The first kappa shape index (κ1) is 16.0. The van der Waals surface area contributed by atoms with Crippen molar-refractivity contribution in [2.75, 3.05) is 6.61 Å². The molecule has 0 amide bonds. The Morgan fingerprint density at radius 3 is 2.73 bits per heavy atom. The van der Waals surface area contributed by atoms with Crippen molar-refractivity contribution in [3.63, 3.8) is 0 Å². The summed E-state index contributed by atoms with van der Waals surface area (Å²) in [5.41, 5.74) is 2.49. The van der Waals surface area contributed by atoms with Crippen LogP contribution >= 0.6 is 0 Å². The molecule has 0 saturated carbocycles. The highest BCUT2D eigenvalue weighted by atomic mass is 19.1. The van der Waals surface area contributed by atoms with Crippen LogP contribution in [0.15, 0.2) is 61.2 Å². The molecule has 0 fully saturated rings. The van der Waals surface area contributed by atoms with Gasteiger partial charge in [0.25, 0.3) is 0 Å². The highest BCUT2D eigenvalue weighted by Crippen LogP contribution is 2.25. The lowest BCUT2D eigenvalue weighted by Crippen LogP contribution is -2.12. The molecule has 4 rings (SSSR count). The van der Waals surface area contributed by atoms with Crippen LogP contribution in [0, 0.1) is 5.82 Å². The van der Waals surface area contributed by atoms with Crippen molar-refractivity contribution < 1.29 is 13.9 Å². The number of fused-ring (bicyclic) bond motifs is 1. The third-order valence-electron chi connectivity index (χ3n) is 3.98. The number of imidazole rings is 2. The molecule has 1 aromatic carbocycles.